The number of hydrogen-bond acceptors (Lipinski definition) is 2. The molecule has 2 aromatic carbocycles. The van der Waals surface area contributed by atoms with E-state index in [9.17, 15) is 22.8 Å². The van der Waals surface area contributed by atoms with Crippen molar-refractivity contribution in [1.29, 1.82) is 0 Å². The highest BCUT2D eigenvalue weighted by atomic mass is 19.4. The van der Waals surface area contributed by atoms with Crippen LogP contribution >= 0.6 is 0 Å². The maximum Gasteiger partial charge on any atom is 0.405 e. The Bertz CT molecular complexity index is 841. The molecule has 150 valence electrons. The van der Waals surface area contributed by atoms with Crippen LogP contribution in [0.1, 0.15) is 18.4 Å². The number of halogens is 3. The van der Waals surface area contributed by atoms with Crippen LogP contribution in [0.25, 0.3) is 10.8 Å². The van der Waals surface area contributed by atoms with E-state index in [4.69, 9.17) is 0 Å². The topological polar surface area (TPSA) is 61.4 Å². The van der Waals surface area contributed by atoms with E-state index in [1.165, 1.54) is 0 Å². The Balaban J connectivity index is 1.48. The zero-order valence-electron chi connectivity index (χ0n) is 15.3. The molecule has 3 amide bonds. The number of rotatable bonds is 4. The van der Waals surface area contributed by atoms with E-state index < -0.39 is 24.5 Å². The number of likely N-dealkylation sites (tertiary alicyclic amines) is 1. The highest BCUT2D eigenvalue weighted by Crippen LogP contribution is 2.20. The summed E-state index contributed by atoms with van der Waals surface area (Å²) < 4.78 is 36.6. The van der Waals surface area contributed by atoms with Crippen LogP contribution in [0, 0.1) is 5.92 Å². The fraction of sp³-hybridized carbons (Fsp3) is 0.400. The van der Waals surface area contributed by atoms with Crippen LogP contribution in [-0.4, -0.2) is 42.6 Å². The number of piperidine rings is 1. The van der Waals surface area contributed by atoms with Gasteiger partial charge >= 0.3 is 12.2 Å². The molecule has 1 aliphatic heterocycles. The van der Waals surface area contributed by atoms with Gasteiger partial charge in [0.15, 0.2) is 0 Å². The predicted octanol–water partition coefficient (Wildman–Crippen LogP) is 3.44. The van der Waals surface area contributed by atoms with Gasteiger partial charge in [-0.2, -0.15) is 13.2 Å². The fourth-order valence-electron chi connectivity index (χ4n) is 3.41. The van der Waals surface area contributed by atoms with Crippen molar-refractivity contribution in [2.75, 3.05) is 19.6 Å². The molecule has 1 saturated heterocycles. The minimum atomic E-state index is -4.42. The summed E-state index contributed by atoms with van der Waals surface area (Å²) in [5, 5.41) is 6.98. The molecule has 0 spiro atoms. The van der Waals surface area contributed by atoms with Crippen molar-refractivity contribution in [2.24, 2.45) is 5.92 Å². The molecule has 1 fully saturated rings. The zero-order valence-corrected chi connectivity index (χ0v) is 15.3. The highest BCUT2D eigenvalue weighted by molar-refractivity contribution is 5.86. The Kier molecular flexibility index (Phi) is 6.06. The second kappa shape index (κ2) is 8.50. The van der Waals surface area contributed by atoms with Gasteiger partial charge in [0, 0.05) is 25.6 Å². The summed E-state index contributed by atoms with van der Waals surface area (Å²) in [5.74, 6) is -1.10. The first-order chi connectivity index (χ1) is 13.3. The van der Waals surface area contributed by atoms with Gasteiger partial charge in [0.2, 0.25) is 5.91 Å². The van der Waals surface area contributed by atoms with E-state index in [1.54, 1.807) is 4.90 Å². The quantitative estimate of drug-likeness (QED) is 0.836. The molecule has 0 aromatic heterocycles. The van der Waals surface area contributed by atoms with Crippen LogP contribution in [0.3, 0.4) is 0 Å². The second-order valence-electron chi connectivity index (χ2n) is 6.89. The van der Waals surface area contributed by atoms with E-state index in [1.807, 2.05) is 47.8 Å². The molecule has 8 heteroatoms. The van der Waals surface area contributed by atoms with Crippen LogP contribution in [0.4, 0.5) is 18.0 Å². The molecular formula is C20H22F3N3O2. The smallest absolute Gasteiger partial charge is 0.347 e. The predicted molar refractivity (Wildman–Crippen MR) is 99.5 cm³/mol. The van der Waals surface area contributed by atoms with Crippen LogP contribution in [0.15, 0.2) is 42.5 Å². The summed E-state index contributed by atoms with van der Waals surface area (Å²) >= 11 is 0. The summed E-state index contributed by atoms with van der Waals surface area (Å²) in [4.78, 5) is 25.8. The van der Waals surface area contributed by atoms with Crippen molar-refractivity contribution in [3.8, 4) is 0 Å². The molecule has 3 rings (SSSR count). The average molecular weight is 393 g/mol. The van der Waals surface area contributed by atoms with Crippen LogP contribution < -0.4 is 10.6 Å². The molecule has 2 N–H and O–H groups in total. The van der Waals surface area contributed by atoms with Gasteiger partial charge in [0.1, 0.15) is 6.54 Å². The number of hydrogen-bond donors (Lipinski definition) is 2. The number of fused-ring (bicyclic) bond motifs is 1. The fourth-order valence-corrected chi connectivity index (χ4v) is 3.41. The maximum absolute atomic E-state index is 12.4. The molecule has 0 aliphatic carbocycles. The molecule has 0 radical (unpaired) electrons. The molecule has 0 saturated carbocycles. The lowest BCUT2D eigenvalue weighted by Gasteiger charge is -2.31. The van der Waals surface area contributed by atoms with Gasteiger partial charge in [-0.15, -0.1) is 0 Å². The molecule has 0 atom stereocenters. The van der Waals surface area contributed by atoms with Gasteiger partial charge in [0.05, 0.1) is 0 Å². The number of alkyl halides is 3. The number of nitrogens with one attached hydrogen (secondary N) is 2. The summed E-state index contributed by atoms with van der Waals surface area (Å²) in [6.45, 7) is -0.263. The number of urea groups is 1. The standard InChI is InChI=1S/C20H22F3N3O2/c21-20(22,23)13-25-18(27)15-8-10-26(11-9-15)19(28)24-12-16-6-3-5-14-4-1-2-7-17(14)16/h1-7,15H,8-13H2,(H,24,28)(H,25,27). The Hall–Kier alpha value is -2.77. The molecule has 1 aliphatic rings. The summed E-state index contributed by atoms with van der Waals surface area (Å²) in [7, 11) is 0. The van der Waals surface area contributed by atoms with Gasteiger partial charge in [-0.3, -0.25) is 4.79 Å². The SMILES string of the molecule is O=C(NCC(F)(F)F)C1CCN(C(=O)NCc2cccc3ccccc23)CC1. The Morgan fingerprint density at radius 2 is 1.68 bits per heavy atom. The van der Waals surface area contributed by atoms with E-state index in [-0.39, 0.29) is 6.03 Å². The molecule has 1 heterocycles. The van der Waals surface area contributed by atoms with Crippen molar-refractivity contribution in [3.63, 3.8) is 0 Å². The van der Waals surface area contributed by atoms with E-state index in [0.717, 1.165) is 16.3 Å². The third kappa shape index (κ3) is 5.15. The number of benzene rings is 2. The number of nitrogens with zero attached hydrogens (tertiary/aromatic N) is 1. The molecule has 28 heavy (non-hydrogen) atoms. The minimum absolute atomic E-state index is 0.234. The lowest BCUT2D eigenvalue weighted by Crippen LogP contribution is -2.47. The van der Waals surface area contributed by atoms with Gasteiger partial charge < -0.3 is 15.5 Å². The summed E-state index contributed by atoms with van der Waals surface area (Å²) in [5.41, 5.74) is 1.01. The Labute approximate surface area is 160 Å². The molecule has 0 unspecified atom stereocenters. The largest absolute Gasteiger partial charge is 0.405 e. The first kappa shape index (κ1) is 20.0. The van der Waals surface area contributed by atoms with Crippen molar-refractivity contribution in [3.05, 3.63) is 48.0 Å². The second-order valence-corrected chi connectivity index (χ2v) is 6.89. The average Bonchev–Trinajstić information content (AvgIpc) is 2.69. The van der Waals surface area contributed by atoms with E-state index in [2.05, 4.69) is 5.32 Å². The lowest BCUT2D eigenvalue weighted by atomic mass is 9.96. The summed E-state index contributed by atoms with van der Waals surface area (Å²) in [6.07, 6.45) is -3.71. The van der Waals surface area contributed by atoms with Gasteiger partial charge in [0.25, 0.3) is 0 Å². The van der Waals surface area contributed by atoms with Crippen LogP contribution in [0.5, 0.6) is 0 Å². The monoisotopic (exact) mass is 393 g/mol. The van der Waals surface area contributed by atoms with Crippen LogP contribution in [0.2, 0.25) is 0 Å². The molecule has 2 aromatic rings. The minimum Gasteiger partial charge on any atom is -0.347 e. The highest BCUT2D eigenvalue weighted by Gasteiger charge is 2.31. The summed E-state index contributed by atoms with van der Waals surface area (Å²) in [6, 6.07) is 13.6. The normalized spacial score (nSPS) is 15.5. The van der Waals surface area contributed by atoms with Crippen molar-refractivity contribution < 1.29 is 22.8 Å². The van der Waals surface area contributed by atoms with Crippen molar-refractivity contribution >= 4 is 22.7 Å². The maximum atomic E-state index is 12.4. The van der Waals surface area contributed by atoms with Gasteiger partial charge in [-0.05, 0) is 29.2 Å². The molecule has 0 bridgehead atoms. The molecule has 5 nitrogen and oxygen atoms in total. The zero-order chi connectivity index (χ0) is 20.1. The van der Waals surface area contributed by atoms with Crippen molar-refractivity contribution in [2.45, 2.75) is 25.6 Å². The lowest BCUT2D eigenvalue weighted by molar-refractivity contribution is -0.141. The number of amides is 3. The third-order valence-corrected chi connectivity index (χ3v) is 4.93. The third-order valence-electron chi connectivity index (χ3n) is 4.93. The first-order valence-electron chi connectivity index (χ1n) is 9.17. The van der Waals surface area contributed by atoms with Crippen molar-refractivity contribution in [1.82, 2.24) is 15.5 Å². The first-order valence-corrected chi connectivity index (χ1v) is 9.17. The van der Waals surface area contributed by atoms with Gasteiger partial charge in [-0.25, -0.2) is 4.79 Å². The van der Waals surface area contributed by atoms with E-state index in [0.29, 0.717) is 32.5 Å². The Morgan fingerprint density at radius 3 is 2.39 bits per heavy atom. The Morgan fingerprint density at radius 1 is 1.00 bits per heavy atom. The number of carbonyl (C=O) groups excluding carboxylic acids is 2. The van der Waals surface area contributed by atoms with E-state index >= 15 is 0 Å². The van der Waals surface area contributed by atoms with Gasteiger partial charge in [-0.1, -0.05) is 42.5 Å². The number of carbonyl (C=O) groups is 2. The molecular weight excluding hydrogens is 371 g/mol. The van der Waals surface area contributed by atoms with Crippen LogP contribution in [-0.2, 0) is 11.3 Å².